The number of anilines is 1. The number of allylic oxidation sites excluding steroid dienone is 2. The molecular weight excluding hydrogens is 728 g/mol. The number of thiol groups is 1. The Labute approximate surface area is 329 Å². The van der Waals surface area contributed by atoms with Crippen LogP contribution in [0.4, 0.5) is 23.2 Å². The molecule has 0 fully saturated rings. The van der Waals surface area contributed by atoms with Gasteiger partial charge in [0.25, 0.3) is 0 Å². The van der Waals surface area contributed by atoms with Crippen LogP contribution >= 0.6 is 35.8 Å². The fourth-order valence-electron chi connectivity index (χ4n) is 3.88. The monoisotopic (exact) mass is 764 g/mol. The largest absolute Gasteiger partial charge is 1.00 e. The first kappa shape index (κ1) is 44.4. The number of rotatable bonds is 10. The molecule has 0 aliphatic heterocycles. The number of nitrogen functional groups attached to an aromatic ring is 1. The van der Waals surface area contributed by atoms with E-state index in [0.717, 1.165) is 36.0 Å². The normalized spacial score (nSPS) is 9.80. The summed E-state index contributed by atoms with van der Waals surface area (Å²) in [5.41, 5.74) is 7.17. The second-order valence-electron chi connectivity index (χ2n) is 9.10. The molecule has 7 nitrogen and oxygen atoms in total. The molecule has 0 aliphatic rings. The molecule has 0 atom stereocenters. The molecule has 50 heavy (non-hydrogen) atoms. The SMILES string of the molecule is C=CCn1c(C=C)cc(Cl)c1C(=O)OCC.C=CCn1c(C=C)cc(Cl)c1C(=O)Oc1ccc(F)c(F)c1.Nc1ccc(F)c(F)c1.[2H]CS.[H-].[Na+]. The van der Waals surface area contributed by atoms with E-state index in [1.165, 1.54) is 12.1 Å². The van der Waals surface area contributed by atoms with Crippen LogP contribution < -0.4 is 40.0 Å². The summed E-state index contributed by atoms with van der Waals surface area (Å²) in [7, 11) is 0. The number of nitrogens with zero attached hydrogens (tertiary/aromatic N) is 2. The van der Waals surface area contributed by atoms with Gasteiger partial charge in [-0.3, -0.25) is 0 Å². The van der Waals surface area contributed by atoms with Crippen molar-refractivity contribution in [1.82, 2.24) is 9.13 Å². The number of ether oxygens (including phenoxy) is 2. The van der Waals surface area contributed by atoms with Gasteiger partial charge in [0.2, 0.25) is 0 Å². The summed E-state index contributed by atoms with van der Waals surface area (Å²) in [4.78, 5) is 23.9. The van der Waals surface area contributed by atoms with Crippen LogP contribution in [0.1, 0.15) is 42.1 Å². The van der Waals surface area contributed by atoms with Gasteiger partial charge in [0.1, 0.15) is 17.1 Å². The van der Waals surface area contributed by atoms with E-state index in [1.807, 2.05) is 0 Å². The van der Waals surface area contributed by atoms with Gasteiger partial charge in [-0.05, 0) is 67.8 Å². The molecule has 0 saturated heterocycles. The Morgan fingerprint density at radius 2 is 1.28 bits per heavy atom. The van der Waals surface area contributed by atoms with Crippen LogP contribution in [0.3, 0.4) is 0 Å². The number of benzene rings is 2. The van der Waals surface area contributed by atoms with E-state index in [0.29, 0.717) is 36.1 Å². The van der Waals surface area contributed by atoms with Gasteiger partial charge in [-0.2, -0.15) is 12.6 Å². The first-order valence-corrected chi connectivity index (χ1v) is 15.3. The molecule has 15 heteroatoms. The van der Waals surface area contributed by atoms with Gasteiger partial charge in [0.05, 0.1) is 16.7 Å². The van der Waals surface area contributed by atoms with Crippen molar-refractivity contribution in [2.45, 2.75) is 20.0 Å². The number of aromatic nitrogens is 2. The molecule has 0 bridgehead atoms. The minimum atomic E-state index is -1.11. The molecular formula is C35H36Cl2F4N3NaO4S. The molecule has 264 valence electrons. The average molecular weight is 766 g/mol. The topological polar surface area (TPSA) is 88.5 Å². The average Bonchev–Trinajstić information content (AvgIpc) is 3.56. The van der Waals surface area contributed by atoms with Crippen molar-refractivity contribution in [1.29, 1.82) is 0 Å². The molecule has 4 aromatic rings. The maximum Gasteiger partial charge on any atom is 1.00 e. The van der Waals surface area contributed by atoms with Crippen LogP contribution in [-0.2, 0) is 17.8 Å². The standard InChI is InChI=1S/C16H12ClF2NO2.C12H14ClNO2.C6H5F2N.CH4S.Na.H/c1-3-7-20-10(4-2)8-12(17)15(20)16(21)22-11-5-6-13(18)14(19)9-11;1-4-7-14-9(5-2)8-10(13)11(14)12(15)16-6-3;7-5-2-1-4(9)3-6(5)8;1-2;;/h3-6,8-9H,1-2,7H2;4-5,8H,1-2,6-7H2,3H3;1-3H,9H2;2H,1H3;;/q;;;;+1;-1/i;;;1D;;. The quantitative estimate of drug-likeness (QED) is 0.0352. The van der Waals surface area contributed by atoms with E-state index >= 15 is 0 Å². The van der Waals surface area contributed by atoms with Crippen LogP contribution in [0.25, 0.3) is 12.2 Å². The minimum Gasteiger partial charge on any atom is -1.00 e. The van der Waals surface area contributed by atoms with Gasteiger partial charge >= 0.3 is 41.5 Å². The first-order valence-electron chi connectivity index (χ1n) is 14.6. The minimum absolute atomic E-state index is 0. The zero-order valence-electron chi connectivity index (χ0n) is 29.4. The molecule has 2 aromatic carbocycles. The van der Waals surface area contributed by atoms with Gasteiger partial charge in [0, 0.05) is 37.6 Å². The predicted octanol–water partition coefficient (Wildman–Crippen LogP) is 6.82. The zero-order chi connectivity index (χ0) is 38.0. The van der Waals surface area contributed by atoms with Crippen molar-refractivity contribution >= 4 is 65.6 Å². The summed E-state index contributed by atoms with van der Waals surface area (Å²) in [6.07, 6.45) is 6.63. The third kappa shape index (κ3) is 13.2. The second kappa shape index (κ2) is 23.7. The Kier molecular flexibility index (Phi) is 21.0. The molecule has 2 heterocycles. The van der Waals surface area contributed by atoms with Crippen molar-refractivity contribution in [3.63, 3.8) is 0 Å². The van der Waals surface area contributed by atoms with E-state index in [-0.39, 0.29) is 59.4 Å². The van der Waals surface area contributed by atoms with E-state index in [1.54, 1.807) is 46.4 Å². The van der Waals surface area contributed by atoms with E-state index in [4.69, 9.17) is 39.8 Å². The Morgan fingerprint density at radius 3 is 1.66 bits per heavy atom. The molecule has 0 saturated carbocycles. The van der Waals surface area contributed by atoms with Crippen molar-refractivity contribution in [2.24, 2.45) is 0 Å². The van der Waals surface area contributed by atoms with Crippen molar-refractivity contribution in [3.8, 4) is 5.75 Å². The third-order valence-electron chi connectivity index (χ3n) is 5.91. The number of hydrogen-bond acceptors (Lipinski definition) is 6. The Morgan fingerprint density at radius 1 is 0.840 bits per heavy atom. The molecule has 0 spiro atoms. The van der Waals surface area contributed by atoms with Crippen LogP contribution in [0.5, 0.6) is 5.75 Å². The molecule has 4 rings (SSSR count). The van der Waals surface area contributed by atoms with Gasteiger partial charge in [-0.1, -0.05) is 48.5 Å². The van der Waals surface area contributed by atoms with Crippen LogP contribution in [0, 0.1) is 23.3 Å². The Bertz CT molecular complexity index is 1830. The smallest absolute Gasteiger partial charge is 1.00 e. The molecule has 2 N–H and O–H groups in total. The molecule has 0 unspecified atom stereocenters. The molecule has 2 aromatic heterocycles. The fourth-order valence-corrected chi connectivity index (χ4v) is 4.46. The molecule has 0 aliphatic carbocycles. The summed E-state index contributed by atoms with van der Waals surface area (Å²) in [6, 6.07) is 9.29. The van der Waals surface area contributed by atoms with E-state index in [9.17, 15) is 27.2 Å². The molecule has 0 radical (unpaired) electrons. The summed E-state index contributed by atoms with van der Waals surface area (Å²) in [6.45, 7) is 17.4. The summed E-state index contributed by atoms with van der Waals surface area (Å²) < 4.78 is 69.6. The second-order valence-corrected chi connectivity index (χ2v) is 9.91. The van der Waals surface area contributed by atoms with Crippen molar-refractivity contribution in [3.05, 3.63) is 143 Å². The fraction of sp³-hybridized carbons (Fsp3) is 0.143. The van der Waals surface area contributed by atoms with E-state index < -0.39 is 35.2 Å². The number of carbonyl (C=O) groups excluding carboxylic acids is 2. The van der Waals surface area contributed by atoms with Crippen molar-refractivity contribution < 1.29 is 69.0 Å². The third-order valence-corrected chi connectivity index (χ3v) is 6.49. The summed E-state index contributed by atoms with van der Waals surface area (Å²) >= 11 is 15.5. The summed E-state index contributed by atoms with van der Waals surface area (Å²) in [5.74, 6) is -5.24. The number of hydrogen-bond donors (Lipinski definition) is 2. The summed E-state index contributed by atoms with van der Waals surface area (Å²) in [5, 5.41) is 0.541. The first-order chi connectivity index (χ1) is 23.7. The van der Waals surface area contributed by atoms with Crippen LogP contribution in [-0.4, -0.2) is 33.9 Å². The zero-order valence-corrected chi connectivity index (χ0v) is 31.8. The van der Waals surface area contributed by atoms with E-state index in [2.05, 4.69) is 38.9 Å². The van der Waals surface area contributed by atoms with Crippen LogP contribution in [0.15, 0.2) is 87.0 Å². The maximum absolute atomic E-state index is 13.1. The molecule has 0 amide bonds. The van der Waals surface area contributed by atoms with Gasteiger partial charge in [-0.25, -0.2) is 27.2 Å². The van der Waals surface area contributed by atoms with Crippen molar-refractivity contribution in [2.75, 3.05) is 18.6 Å². The maximum atomic E-state index is 13.1. The van der Waals surface area contributed by atoms with Crippen LogP contribution in [0.2, 0.25) is 10.0 Å². The van der Waals surface area contributed by atoms with Gasteiger partial charge < -0.3 is 25.8 Å². The Hall–Kier alpha value is -3.65. The predicted molar refractivity (Wildman–Crippen MR) is 194 cm³/mol. The number of esters is 2. The van der Waals surface area contributed by atoms with Gasteiger partial charge in [-0.15, -0.1) is 13.2 Å². The number of carbonyl (C=O) groups is 2. The number of halogens is 6. The van der Waals surface area contributed by atoms with Gasteiger partial charge in [0.15, 0.2) is 23.3 Å². The Balaban J connectivity index is 0. The number of nitrogens with two attached hydrogens (primary N) is 1.